The van der Waals surface area contributed by atoms with E-state index in [0.717, 1.165) is 17.8 Å². The van der Waals surface area contributed by atoms with Crippen LogP contribution in [0.15, 0.2) is 24.3 Å². The van der Waals surface area contributed by atoms with Crippen molar-refractivity contribution in [1.82, 2.24) is 4.90 Å². The van der Waals surface area contributed by atoms with Gasteiger partial charge in [0, 0.05) is 0 Å². The Bertz CT molecular complexity index is 495. The van der Waals surface area contributed by atoms with Gasteiger partial charge in [-0.3, -0.25) is 0 Å². The van der Waals surface area contributed by atoms with E-state index in [0.29, 0.717) is 5.41 Å². The first-order valence-electron chi connectivity index (χ1n) is 9.38. The maximum Gasteiger partial charge on any atom is -0.00217 e. The van der Waals surface area contributed by atoms with Gasteiger partial charge in [0.1, 0.15) is 0 Å². The fourth-order valence-electron chi connectivity index (χ4n) is 6.28. The van der Waals surface area contributed by atoms with Gasteiger partial charge in [-0.25, -0.2) is 0 Å². The van der Waals surface area contributed by atoms with Crippen LogP contribution in [-0.2, 0) is 11.8 Å². The number of benzene rings is 1. The molecule has 4 aliphatic rings. The van der Waals surface area contributed by atoms with Gasteiger partial charge in [-0.05, 0) is 106 Å². The fourth-order valence-corrected chi connectivity index (χ4v) is 6.28. The minimum atomic E-state index is 0.559. The molecule has 5 rings (SSSR count). The van der Waals surface area contributed by atoms with Gasteiger partial charge in [-0.1, -0.05) is 24.3 Å². The van der Waals surface area contributed by atoms with Crippen LogP contribution in [0.4, 0.5) is 0 Å². The van der Waals surface area contributed by atoms with E-state index in [1.165, 1.54) is 38.6 Å². The van der Waals surface area contributed by atoms with Crippen LogP contribution in [0.5, 0.6) is 0 Å². The lowest BCUT2D eigenvalue weighted by Crippen LogP contribution is -2.48. The summed E-state index contributed by atoms with van der Waals surface area (Å²) in [4.78, 5) is 2.31. The zero-order valence-electron chi connectivity index (χ0n) is 14.4. The molecule has 0 heterocycles. The molecule has 0 spiro atoms. The Kier molecular flexibility index (Phi) is 3.80. The lowest BCUT2D eigenvalue weighted by molar-refractivity contribution is -0.00559. The van der Waals surface area contributed by atoms with Crippen molar-refractivity contribution in [3.05, 3.63) is 35.4 Å². The van der Waals surface area contributed by atoms with Crippen LogP contribution in [0.25, 0.3) is 0 Å². The summed E-state index contributed by atoms with van der Waals surface area (Å²) in [6, 6.07) is 9.46. The third kappa shape index (κ3) is 2.62. The number of hydrogen-bond donors (Lipinski definition) is 0. The molecule has 0 atom stereocenters. The highest BCUT2D eigenvalue weighted by Gasteiger charge is 2.51. The fraction of sp³-hybridized carbons (Fsp3) is 0.714. The molecule has 0 aromatic heterocycles. The Hall–Kier alpha value is -0.820. The van der Waals surface area contributed by atoms with Crippen LogP contribution in [0.3, 0.4) is 0 Å². The molecule has 4 fully saturated rings. The quantitative estimate of drug-likeness (QED) is 0.764. The molecule has 0 saturated heterocycles. The summed E-state index contributed by atoms with van der Waals surface area (Å²) in [5.74, 6) is 3.13. The molecule has 1 aromatic rings. The number of rotatable bonds is 5. The Morgan fingerprint density at radius 1 is 0.955 bits per heavy atom. The maximum atomic E-state index is 2.48. The summed E-state index contributed by atoms with van der Waals surface area (Å²) in [6.45, 7) is 1.20. The zero-order valence-corrected chi connectivity index (χ0v) is 14.4. The van der Waals surface area contributed by atoms with Crippen LogP contribution >= 0.6 is 0 Å². The highest BCUT2D eigenvalue weighted by Crippen LogP contribution is 2.61. The summed E-state index contributed by atoms with van der Waals surface area (Å²) >= 11 is 0. The number of hydrogen-bond acceptors (Lipinski definition) is 1. The summed E-state index contributed by atoms with van der Waals surface area (Å²) in [6.07, 6.45) is 11.6. The second kappa shape index (κ2) is 5.67. The summed E-state index contributed by atoms with van der Waals surface area (Å²) in [5, 5.41) is 0. The highest BCUT2D eigenvalue weighted by molar-refractivity contribution is 5.37. The molecule has 4 saturated carbocycles. The van der Waals surface area contributed by atoms with Crippen LogP contribution in [0.2, 0.25) is 0 Å². The average Bonchev–Trinajstić information content (AvgIpc) is 2.46. The van der Waals surface area contributed by atoms with Gasteiger partial charge in [-0.15, -0.1) is 0 Å². The molecule has 0 amide bonds. The Balaban J connectivity index is 1.59. The average molecular weight is 297 g/mol. The van der Waals surface area contributed by atoms with Gasteiger partial charge >= 0.3 is 0 Å². The van der Waals surface area contributed by atoms with Crippen LogP contribution in [0.1, 0.15) is 56.1 Å². The van der Waals surface area contributed by atoms with Crippen molar-refractivity contribution >= 4 is 0 Å². The Morgan fingerprint density at radius 3 is 2.14 bits per heavy atom. The third-order valence-electron chi connectivity index (χ3n) is 6.68. The largest absolute Gasteiger partial charge is 0.309 e. The van der Waals surface area contributed by atoms with Crippen LogP contribution in [0, 0.1) is 17.8 Å². The predicted molar refractivity (Wildman–Crippen MR) is 93.2 cm³/mol. The molecule has 22 heavy (non-hydrogen) atoms. The van der Waals surface area contributed by atoms with E-state index in [1.807, 2.05) is 0 Å². The van der Waals surface area contributed by atoms with E-state index in [-0.39, 0.29) is 0 Å². The molecule has 0 radical (unpaired) electrons. The van der Waals surface area contributed by atoms with E-state index < -0.39 is 0 Å². The predicted octanol–water partition coefficient (Wildman–Crippen LogP) is 4.65. The van der Waals surface area contributed by atoms with E-state index in [1.54, 1.807) is 30.4 Å². The zero-order chi connectivity index (χ0) is 15.2. The van der Waals surface area contributed by atoms with Crippen molar-refractivity contribution in [3.8, 4) is 0 Å². The lowest BCUT2D eigenvalue weighted by Gasteiger charge is -2.57. The van der Waals surface area contributed by atoms with E-state index in [9.17, 15) is 0 Å². The minimum Gasteiger partial charge on any atom is -0.309 e. The van der Waals surface area contributed by atoms with Gasteiger partial charge in [0.15, 0.2) is 0 Å². The SMILES string of the molecule is CN(C)CCCc1ccccc1C12CC3CC(CC(C3)C1)C2. The number of nitrogens with zero attached hydrogens (tertiary/aromatic N) is 1. The molecule has 120 valence electrons. The van der Waals surface area contributed by atoms with E-state index >= 15 is 0 Å². The van der Waals surface area contributed by atoms with Crippen molar-refractivity contribution in [2.45, 2.75) is 56.8 Å². The van der Waals surface area contributed by atoms with Crippen molar-refractivity contribution < 1.29 is 0 Å². The first-order valence-corrected chi connectivity index (χ1v) is 9.38. The molecule has 0 aliphatic heterocycles. The van der Waals surface area contributed by atoms with Crippen LogP contribution < -0.4 is 0 Å². The molecule has 0 unspecified atom stereocenters. The minimum absolute atomic E-state index is 0.559. The second-order valence-corrected chi connectivity index (χ2v) is 8.76. The number of aryl methyl sites for hydroxylation is 1. The molecular weight excluding hydrogens is 266 g/mol. The van der Waals surface area contributed by atoms with Gasteiger partial charge in [0.2, 0.25) is 0 Å². The Morgan fingerprint density at radius 2 is 1.55 bits per heavy atom. The Labute approximate surface area is 136 Å². The smallest absolute Gasteiger partial charge is 0.00217 e. The first kappa shape index (κ1) is 14.8. The summed E-state index contributed by atoms with van der Waals surface area (Å²) in [7, 11) is 4.37. The van der Waals surface area contributed by atoms with E-state index in [2.05, 4.69) is 43.3 Å². The van der Waals surface area contributed by atoms with Crippen molar-refractivity contribution in [3.63, 3.8) is 0 Å². The first-order chi connectivity index (χ1) is 10.6. The van der Waals surface area contributed by atoms with Crippen LogP contribution in [-0.4, -0.2) is 25.5 Å². The van der Waals surface area contributed by atoms with Crippen molar-refractivity contribution in [1.29, 1.82) is 0 Å². The topological polar surface area (TPSA) is 3.24 Å². The normalized spacial score (nSPS) is 36.2. The lowest BCUT2D eigenvalue weighted by atomic mass is 9.47. The molecule has 1 aromatic carbocycles. The summed E-state index contributed by atoms with van der Waals surface area (Å²) in [5.41, 5.74) is 3.96. The van der Waals surface area contributed by atoms with Crippen molar-refractivity contribution in [2.75, 3.05) is 20.6 Å². The molecule has 4 bridgehead atoms. The van der Waals surface area contributed by atoms with E-state index in [4.69, 9.17) is 0 Å². The molecule has 4 aliphatic carbocycles. The molecule has 1 nitrogen and oxygen atoms in total. The standard InChI is InChI=1S/C21H31N/c1-22(2)9-5-7-19-6-3-4-8-20(19)21-13-16-10-17(14-21)12-18(11-16)15-21/h3-4,6,8,16-18H,5,7,9-15H2,1-2H3. The molecule has 0 N–H and O–H groups in total. The van der Waals surface area contributed by atoms with Gasteiger partial charge in [-0.2, -0.15) is 0 Å². The summed E-state index contributed by atoms with van der Waals surface area (Å²) < 4.78 is 0. The van der Waals surface area contributed by atoms with Gasteiger partial charge in [0.25, 0.3) is 0 Å². The third-order valence-corrected chi connectivity index (χ3v) is 6.68. The molecule has 1 heteroatoms. The molecular formula is C21H31N. The monoisotopic (exact) mass is 297 g/mol. The van der Waals surface area contributed by atoms with Gasteiger partial charge < -0.3 is 4.90 Å². The highest BCUT2D eigenvalue weighted by atomic mass is 15.0. The maximum absolute atomic E-state index is 2.48. The second-order valence-electron chi connectivity index (χ2n) is 8.76. The van der Waals surface area contributed by atoms with Crippen molar-refractivity contribution in [2.24, 2.45) is 17.8 Å². The van der Waals surface area contributed by atoms with Gasteiger partial charge in [0.05, 0.1) is 0 Å².